The summed E-state index contributed by atoms with van der Waals surface area (Å²) in [4.78, 5) is 12.2. The van der Waals surface area contributed by atoms with Crippen LogP contribution in [0.5, 0.6) is 11.5 Å². The number of hydrogen-bond acceptors (Lipinski definition) is 4. The minimum atomic E-state index is -0.158. The van der Waals surface area contributed by atoms with E-state index in [2.05, 4.69) is 5.32 Å². The number of hydrogen-bond donors (Lipinski definition) is 2. The van der Waals surface area contributed by atoms with Gasteiger partial charge in [-0.1, -0.05) is 0 Å². The van der Waals surface area contributed by atoms with Gasteiger partial charge in [0.1, 0.15) is 13.2 Å². The highest BCUT2D eigenvalue weighted by atomic mass is 16.6. The van der Waals surface area contributed by atoms with Gasteiger partial charge in [-0.15, -0.1) is 0 Å². The fourth-order valence-corrected chi connectivity index (χ4v) is 2.87. The van der Waals surface area contributed by atoms with E-state index in [9.17, 15) is 9.90 Å². The first-order chi connectivity index (χ1) is 10.2. The van der Waals surface area contributed by atoms with Crippen molar-refractivity contribution in [3.8, 4) is 11.5 Å². The second kappa shape index (κ2) is 6.35. The number of ether oxygens (including phenoxy) is 2. The van der Waals surface area contributed by atoms with Crippen LogP contribution in [0, 0.1) is 5.92 Å². The van der Waals surface area contributed by atoms with Crippen molar-refractivity contribution in [3.05, 3.63) is 23.8 Å². The van der Waals surface area contributed by atoms with E-state index in [1.165, 1.54) is 0 Å². The minimum Gasteiger partial charge on any atom is -0.486 e. The van der Waals surface area contributed by atoms with Crippen molar-refractivity contribution in [2.24, 2.45) is 5.92 Å². The molecule has 0 saturated heterocycles. The standard InChI is InChI=1S/C16H21NO4/c18-13-4-1-11(2-5-13)10-17-16(19)12-3-6-14-15(9-12)21-8-7-20-14/h3,6,9,11,13,18H,1-2,4-5,7-8,10H2,(H,17,19). The van der Waals surface area contributed by atoms with Gasteiger partial charge in [-0.05, 0) is 49.8 Å². The summed E-state index contributed by atoms with van der Waals surface area (Å²) in [6.45, 7) is 1.73. The third-order valence-electron chi connectivity index (χ3n) is 4.17. The van der Waals surface area contributed by atoms with Crippen molar-refractivity contribution in [1.82, 2.24) is 5.32 Å². The van der Waals surface area contributed by atoms with Crippen molar-refractivity contribution >= 4 is 5.91 Å². The molecule has 1 amide bonds. The third-order valence-corrected chi connectivity index (χ3v) is 4.17. The molecule has 114 valence electrons. The van der Waals surface area contributed by atoms with Crippen LogP contribution in [0.3, 0.4) is 0 Å². The summed E-state index contributed by atoms with van der Waals surface area (Å²) in [5, 5.41) is 12.5. The summed E-state index contributed by atoms with van der Waals surface area (Å²) in [5.41, 5.74) is 0.593. The maximum atomic E-state index is 12.2. The molecule has 21 heavy (non-hydrogen) atoms. The Morgan fingerprint density at radius 2 is 1.86 bits per heavy atom. The molecular formula is C16H21NO4. The number of aliphatic hydroxyl groups excluding tert-OH is 1. The van der Waals surface area contributed by atoms with E-state index >= 15 is 0 Å². The molecule has 1 aromatic rings. The quantitative estimate of drug-likeness (QED) is 0.890. The van der Waals surface area contributed by atoms with Gasteiger partial charge in [-0.2, -0.15) is 0 Å². The Bertz CT molecular complexity index is 509. The molecule has 1 heterocycles. The lowest BCUT2D eigenvalue weighted by atomic mass is 9.87. The van der Waals surface area contributed by atoms with Crippen LogP contribution in [0.15, 0.2) is 18.2 Å². The van der Waals surface area contributed by atoms with Gasteiger partial charge in [-0.25, -0.2) is 0 Å². The van der Waals surface area contributed by atoms with E-state index in [1.54, 1.807) is 18.2 Å². The summed E-state index contributed by atoms with van der Waals surface area (Å²) in [6.07, 6.45) is 3.47. The van der Waals surface area contributed by atoms with Crippen LogP contribution in [0.4, 0.5) is 0 Å². The Morgan fingerprint density at radius 1 is 1.14 bits per heavy atom. The average Bonchev–Trinajstić information content (AvgIpc) is 2.53. The first kappa shape index (κ1) is 14.2. The van der Waals surface area contributed by atoms with E-state index < -0.39 is 0 Å². The third kappa shape index (κ3) is 3.47. The van der Waals surface area contributed by atoms with Crippen molar-refractivity contribution in [2.45, 2.75) is 31.8 Å². The molecule has 1 aliphatic carbocycles. The van der Waals surface area contributed by atoms with E-state index in [4.69, 9.17) is 9.47 Å². The van der Waals surface area contributed by atoms with E-state index in [0.717, 1.165) is 25.7 Å². The zero-order valence-electron chi connectivity index (χ0n) is 12.0. The minimum absolute atomic E-state index is 0.0851. The van der Waals surface area contributed by atoms with Gasteiger partial charge >= 0.3 is 0 Å². The molecule has 5 nitrogen and oxygen atoms in total. The van der Waals surface area contributed by atoms with Crippen LogP contribution in [0.2, 0.25) is 0 Å². The number of nitrogens with one attached hydrogen (secondary N) is 1. The lowest BCUT2D eigenvalue weighted by Crippen LogP contribution is -2.32. The van der Waals surface area contributed by atoms with E-state index in [-0.39, 0.29) is 12.0 Å². The monoisotopic (exact) mass is 291 g/mol. The number of aliphatic hydroxyl groups is 1. The van der Waals surface area contributed by atoms with Gasteiger partial charge in [-0.3, -0.25) is 4.79 Å². The SMILES string of the molecule is O=C(NCC1CCC(O)CC1)c1ccc2c(c1)OCCO2. The predicted molar refractivity (Wildman–Crippen MR) is 77.7 cm³/mol. The number of carbonyl (C=O) groups is 1. The molecule has 0 unspecified atom stereocenters. The normalized spacial score (nSPS) is 24.4. The molecule has 0 bridgehead atoms. The topological polar surface area (TPSA) is 67.8 Å². The van der Waals surface area contributed by atoms with Crippen molar-refractivity contribution in [3.63, 3.8) is 0 Å². The van der Waals surface area contributed by atoms with E-state index in [1.807, 2.05) is 0 Å². The van der Waals surface area contributed by atoms with Crippen molar-refractivity contribution in [2.75, 3.05) is 19.8 Å². The smallest absolute Gasteiger partial charge is 0.251 e. The molecule has 2 aliphatic rings. The summed E-state index contributed by atoms with van der Waals surface area (Å²) < 4.78 is 10.9. The summed E-state index contributed by atoms with van der Waals surface area (Å²) in [7, 11) is 0. The fourth-order valence-electron chi connectivity index (χ4n) is 2.87. The highest BCUT2D eigenvalue weighted by Gasteiger charge is 2.20. The van der Waals surface area contributed by atoms with Gasteiger partial charge in [0.05, 0.1) is 6.10 Å². The van der Waals surface area contributed by atoms with Crippen LogP contribution in [-0.2, 0) is 0 Å². The Morgan fingerprint density at radius 3 is 2.62 bits per heavy atom. The molecule has 0 radical (unpaired) electrons. The highest BCUT2D eigenvalue weighted by Crippen LogP contribution is 2.30. The van der Waals surface area contributed by atoms with E-state index in [0.29, 0.717) is 42.7 Å². The Hall–Kier alpha value is -1.75. The lowest BCUT2D eigenvalue weighted by molar-refractivity contribution is 0.0909. The second-order valence-electron chi connectivity index (χ2n) is 5.74. The Balaban J connectivity index is 1.55. The highest BCUT2D eigenvalue weighted by molar-refractivity contribution is 5.94. The maximum absolute atomic E-state index is 12.2. The van der Waals surface area contributed by atoms with Crippen molar-refractivity contribution in [1.29, 1.82) is 0 Å². The lowest BCUT2D eigenvalue weighted by Gasteiger charge is -2.25. The second-order valence-corrected chi connectivity index (χ2v) is 5.74. The zero-order chi connectivity index (χ0) is 14.7. The molecule has 1 aliphatic heterocycles. The van der Waals surface area contributed by atoms with Gasteiger partial charge < -0.3 is 19.9 Å². The van der Waals surface area contributed by atoms with Gasteiger partial charge in [0.25, 0.3) is 5.91 Å². The Labute approximate surface area is 124 Å². The molecule has 5 heteroatoms. The summed E-state index contributed by atoms with van der Waals surface area (Å²) in [5.74, 6) is 1.71. The number of amides is 1. The molecule has 0 aromatic heterocycles. The first-order valence-electron chi connectivity index (χ1n) is 7.58. The summed E-state index contributed by atoms with van der Waals surface area (Å²) >= 11 is 0. The number of fused-ring (bicyclic) bond motifs is 1. The Kier molecular flexibility index (Phi) is 4.29. The molecule has 0 spiro atoms. The van der Waals surface area contributed by atoms with Crippen molar-refractivity contribution < 1.29 is 19.4 Å². The molecule has 0 atom stereocenters. The number of benzene rings is 1. The molecule has 3 rings (SSSR count). The first-order valence-corrected chi connectivity index (χ1v) is 7.58. The van der Waals surface area contributed by atoms with Gasteiger partial charge in [0.2, 0.25) is 0 Å². The van der Waals surface area contributed by atoms with Gasteiger partial charge in [0, 0.05) is 12.1 Å². The molecule has 1 aromatic carbocycles. The molecular weight excluding hydrogens is 270 g/mol. The van der Waals surface area contributed by atoms with Crippen LogP contribution < -0.4 is 14.8 Å². The molecule has 1 saturated carbocycles. The largest absolute Gasteiger partial charge is 0.486 e. The average molecular weight is 291 g/mol. The molecule has 2 N–H and O–H groups in total. The predicted octanol–water partition coefficient (Wildman–Crippen LogP) is 1.74. The van der Waals surface area contributed by atoms with Crippen LogP contribution in [0.25, 0.3) is 0 Å². The molecule has 1 fully saturated rings. The maximum Gasteiger partial charge on any atom is 0.251 e. The van der Waals surface area contributed by atoms with Gasteiger partial charge in [0.15, 0.2) is 11.5 Å². The number of rotatable bonds is 3. The fraction of sp³-hybridized carbons (Fsp3) is 0.562. The van der Waals surface area contributed by atoms with Crippen LogP contribution in [0.1, 0.15) is 36.0 Å². The summed E-state index contributed by atoms with van der Waals surface area (Å²) in [6, 6.07) is 5.27. The van der Waals surface area contributed by atoms with Crippen LogP contribution in [-0.4, -0.2) is 36.9 Å². The zero-order valence-corrected chi connectivity index (χ0v) is 12.0. The van der Waals surface area contributed by atoms with Crippen LogP contribution >= 0.6 is 0 Å². The number of carbonyl (C=O) groups excluding carboxylic acids is 1.